The summed E-state index contributed by atoms with van der Waals surface area (Å²) in [6.45, 7) is 2.95. The predicted octanol–water partition coefficient (Wildman–Crippen LogP) is 2.46. The van der Waals surface area contributed by atoms with Gasteiger partial charge in [-0.15, -0.1) is 0 Å². The summed E-state index contributed by atoms with van der Waals surface area (Å²) in [6, 6.07) is 5.93. The summed E-state index contributed by atoms with van der Waals surface area (Å²) in [4.78, 5) is 27.8. The maximum Gasteiger partial charge on any atom is 0.280 e. The number of anilines is 1. The van der Waals surface area contributed by atoms with Crippen molar-refractivity contribution < 1.29 is 32.0 Å². The van der Waals surface area contributed by atoms with E-state index in [4.69, 9.17) is 18.8 Å². The summed E-state index contributed by atoms with van der Waals surface area (Å²) in [6.07, 6.45) is 2.28. The van der Waals surface area contributed by atoms with Crippen molar-refractivity contribution in [2.45, 2.75) is 30.8 Å². The van der Waals surface area contributed by atoms with E-state index < -0.39 is 15.7 Å². The molecule has 2 aromatic heterocycles. The van der Waals surface area contributed by atoms with Crippen molar-refractivity contribution in [1.82, 2.24) is 15.1 Å². The summed E-state index contributed by atoms with van der Waals surface area (Å²) in [5, 5.41) is 10.9. The van der Waals surface area contributed by atoms with E-state index in [0.29, 0.717) is 59.9 Å². The summed E-state index contributed by atoms with van der Waals surface area (Å²) >= 11 is 1.17. The lowest BCUT2D eigenvalue weighted by Crippen LogP contribution is -2.25. The molecule has 0 aliphatic carbocycles. The third-order valence-electron chi connectivity index (χ3n) is 5.12. The average molecular weight is 536 g/mol. The van der Waals surface area contributed by atoms with E-state index in [-0.39, 0.29) is 22.5 Å². The van der Waals surface area contributed by atoms with Gasteiger partial charge < -0.3 is 18.8 Å². The number of oxime groups is 1. The zero-order valence-electron chi connectivity index (χ0n) is 19.7. The molecule has 1 fully saturated rings. The number of amides is 1. The Morgan fingerprint density at radius 2 is 2.11 bits per heavy atom. The molecule has 1 N–H and O–H groups in total. The molecule has 1 saturated heterocycles. The molecule has 1 amide bonds. The van der Waals surface area contributed by atoms with Crippen LogP contribution in [0.4, 0.5) is 5.13 Å². The maximum atomic E-state index is 13.2. The van der Waals surface area contributed by atoms with Crippen molar-refractivity contribution in [2.75, 3.05) is 38.0 Å². The highest BCUT2D eigenvalue weighted by molar-refractivity contribution is 7.91. The number of aryl methyl sites for hydroxylation is 1. The van der Waals surface area contributed by atoms with Gasteiger partial charge in [0.25, 0.3) is 5.91 Å². The topological polar surface area (TPSA) is 155 Å². The molecule has 4 rings (SSSR count). The third-order valence-corrected chi connectivity index (χ3v) is 7.84. The molecular weight excluding hydrogens is 510 g/mol. The Morgan fingerprint density at radius 3 is 2.78 bits per heavy atom. The van der Waals surface area contributed by atoms with Crippen LogP contribution in [0.5, 0.6) is 0 Å². The summed E-state index contributed by atoms with van der Waals surface area (Å²) in [5.74, 6) is 0.162. The molecule has 1 aromatic carbocycles. The Balaban J connectivity index is 1.53. The molecule has 1 aliphatic heterocycles. The molecule has 14 heteroatoms. The standard InChI is InChI=1S/C22H25N5O7S2/c1-14-24-20(27-33-14)18-12-23-22(35-18)25-21(28)19(26-34-16-8-10-32-13-16)15-4-6-17(7-5-15)36(29,30)11-3-9-31-2/h4-7,12,16H,3,8-11,13H2,1-2H3,(H,23,25,28)/b26-19+/t16-/m1/s1. The Labute approximate surface area is 211 Å². The third kappa shape index (κ3) is 6.51. The number of nitrogens with one attached hydrogen (secondary N) is 1. The Hall–Kier alpha value is -3.20. The first-order valence-electron chi connectivity index (χ1n) is 11.1. The van der Waals surface area contributed by atoms with Crippen LogP contribution >= 0.6 is 11.3 Å². The molecule has 0 saturated carbocycles. The number of hydrogen-bond donors (Lipinski definition) is 1. The minimum Gasteiger partial charge on any atom is -0.389 e. The second kappa shape index (κ2) is 11.7. The number of aromatic nitrogens is 3. The highest BCUT2D eigenvalue weighted by atomic mass is 32.2. The lowest BCUT2D eigenvalue weighted by atomic mass is 10.1. The van der Waals surface area contributed by atoms with Crippen molar-refractivity contribution >= 4 is 37.9 Å². The smallest absolute Gasteiger partial charge is 0.280 e. The number of hydrogen-bond acceptors (Lipinski definition) is 12. The van der Waals surface area contributed by atoms with Gasteiger partial charge in [-0.05, 0) is 18.6 Å². The number of ether oxygens (including phenoxy) is 2. The van der Waals surface area contributed by atoms with E-state index in [1.165, 1.54) is 48.9 Å². The van der Waals surface area contributed by atoms with Gasteiger partial charge in [0.2, 0.25) is 11.7 Å². The monoisotopic (exact) mass is 535 g/mol. The highest BCUT2D eigenvalue weighted by Gasteiger charge is 2.22. The number of thiazole rings is 1. The van der Waals surface area contributed by atoms with Crippen LogP contribution in [-0.4, -0.2) is 73.9 Å². The average Bonchev–Trinajstić information content (AvgIpc) is 3.62. The summed E-state index contributed by atoms with van der Waals surface area (Å²) < 4.78 is 40.3. The zero-order chi connectivity index (χ0) is 25.5. The molecule has 3 aromatic rings. The van der Waals surface area contributed by atoms with E-state index in [0.717, 1.165) is 0 Å². The second-order valence-corrected chi connectivity index (χ2v) is 11.0. The summed E-state index contributed by atoms with van der Waals surface area (Å²) in [7, 11) is -1.97. The minimum atomic E-state index is -3.49. The molecule has 192 valence electrons. The molecule has 1 aliphatic rings. The molecule has 0 bridgehead atoms. The van der Waals surface area contributed by atoms with Crippen LogP contribution in [0.3, 0.4) is 0 Å². The molecule has 0 spiro atoms. The molecule has 1 atom stereocenters. The minimum absolute atomic E-state index is 0.0302. The fourth-order valence-electron chi connectivity index (χ4n) is 3.27. The Bertz CT molecular complexity index is 1310. The van der Waals surface area contributed by atoms with E-state index in [1.54, 1.807) is 6.92 Å². The quantitative estimate of drug-likeness (QED) is 0.220. The first-order valence-corrected chi connectivity index (χ1v) is 13.5. The van der Waals surface area contributed by atoms with E-state index in [9.17, 15) is 13.2 Å². The largest absolute Gasteiger partial charge is 0.389 e. The zero-order valence-corrected chi connectivity index (χ0v) is 21.3. The number of benzene rings is 1. The van der Waals surface area contributed by atoms with Gasteiger partial charge >= 0.3 is 0 Å². The van der Waals surface area contributed by atoms with Crippen LogP contribution in [0.2, 0.25) is 0 Å². The maximum absolute atomic E-state index is 13.2. The fraction of sp³-hybridized carbons (Fsp3) is 0.409. The van der Waals surface area contributed by atoms with Gasteiger partial charge in [-0.1, -0.05) is 33.8 Å². The van der Waals surface area contributed by atoms with Crippen molar-refractivity contribution in [2.24, 2.45) is 5.16 Å². The molecule has 3 heterocycles. The van der Waals surface area contributed by atoms with Crippen LogP contribution < -0.4 is 5.32 Å². The normalized spacial score (nSPS) is 16.3. The first-order chi connectivity index (χ1) is 17.4. The Kier molecular flexibility index (Phi) is 8.40. The first kappa shape index (κ1) is 25.9. The molecule has 0 radical (unpaired) electrons. The number of methoxy groups -OCH3 is 1. The highest BCUT2D eigenvalue weighted by Crippen LogP contribution is 2.27. The van der Waals surface area contributed by atoms with Gasteiger partial charge in [-0.2, -0.15) is 4.98 Å². The van der Waals surface area contributed by atoms with Gasteiger partial charge in [0, 0.05) is 32.6 Å². The molecule has 12 nitrogen and oxygen atoms in total. The van der Waals surface area contributed by atoms with Crippen molar-refractivity contribution in [3.63, 3.8) is 0 Å². The van der Waals surface area contributed by atoms with Gasteiger partial charge in [0.05, 0.1) is 34.9 Å². The lowest BCUT2D eigenvalue weighted by molar-refractivity contribution is -0.110. The van der Waals surface area contributed by atoms with Crippen LogP contribution in [0.25, 0.3) is 10.7 Å². The van der Waals surface area contributed by atoms with Crippen molar-refractivity contribution in [3.8, 4) is 10.7 Å². The predicted molar refractivity (Wildman–Crippen MR) is 131 cm³/mol. The number of sulfone groups is 1. The van der Waals surface area contributed by atoms with Crippen LogP contribution in [0.1, 0.15) is 24.3 Å². The van der Waals surface area contributed by atoms with E-state index >= 15 is 0 Å². The van der Waals surface area contributed by atoms with Crippen molar-refractivity contribution in [1.29, 1.82) is 0 Å². The van der Waals surface area contributed by atoms with Crippen LogP contribution in [0, 0.1) is 6.92 Å². The van der Waals surface area contributed by atoms with Crippen LogP contribution in [0.15, 0.2) is 45.0 Å². The fourth-order valence-corrected chi connectivity index (χ4v) is 5.29. The van der Waals surface area contributed by atoms with Gasteiger partial charge in [0.15, 0.2) is 26.8 Å². The van der Waals surface area contributed by atoms with Gasteiger partial charge in [0.1, 0.15) is 0 Å². The molecule has 36 heavy (non-hydrogen) atoms. The number of nitrogens with zero attached hydrogens (tertiary/aromatic N) is 4. The van der Waals surface area contributed by atoms with Gasteiger partial charge in [-0.25, -0.2) is 13.4 Å². The van der Waals surface area contributed by atoms with Crippen LogP contribution in [-0.2, 0) is 28.9 Å². The molecular formula is C22H25N5O7S2. The van der Waals surface area contributed by atoms with E-state index in [2.05, 4.69) is 25.6 Å². The number of carbonyl (C=O) groups is 1. The van der Waals surface area contributed by atoms with Crippen molar-refractivity contribution in [3.05, 3.63) is 41.9 Å². The van der Waals surface area contributed by atoms with E-state index in [1.807, 2.05) is 0 Å². The number of rotatable bonds is 11. The SMILES string of the molecule is COCCCS(=O)(=O)c1ccc(/C(=N\O[C@@H]2CCOC2)C(=O)Nc2ncc(-c3noc(C)n3)s2)cc1. The second-order valence-electron chi connectivity index (χ2n) is 7.84. The number of carbonyl (C=O) groups excluding carboxylic acids is 1. The molecule has 0 unspecified atom stereocenters. The Morgan fingerprint density at radius 1 is 1.31 bits per heavy atom. The lowest BCUT2D eigenvalue weighted by Gasteiger charge is -2.10. The summed E-state index contributed by atoms with van der Waals surface area (Å²) in [5.41, 5.74) is 0.352. The van der Waals surface area contributed by atoms with Gasteiger partial charge in [-0.3, -0.25) is 10.1 Å².